The predicted molar refractivity (Wildman–Crippen MR) is 98.9 cm³/mol. The van der Waals surface area contributed by atoms with Crippen LogP contribution in [0.2, 0.25) is 0 Å². The highest BCUT2D eigenvalue weighted by atomic mass is 16.1. The predicted octanol–water partition coefficient (Wildman–Crippen LogP) is 5.69. The number of rotatable bonds is 2. The molecule has 0 amide bonds. The van der Waals surface area contributed by atoms with Crippen molar-refractivity contribution in [1.29, 1.82) is 0 Å². The van der Waals surface area contributed by atoms with Gasteiger partial charge in [0.2, 0.25) is 0 Å². The van der Waals surface area contributed by atoms with Gasteiger partial charge in [-0.15, -0.1) is 0 Å². The molecule has 0 heterocycles. The molecule has 2 rings (SSSR count). The molecule has 0 unspecified atom stereocenters. The highest BCUT2D eigenvalue weighted by molar-refractivity contribution is 6.12. The van der Waals surface area contributed by atoms with Crippen LogP contribution < -0.4 is 0 Å². The number of benzene rings is 2. The molecule has 2 aromatic rings. The normalized spacial score (nSPS) is 11.0. The number of aryl methyl sites for hydroxylation is 1. The minimum atomic E-state index is 0.162. The lowest BCUT2D eigenvalue weighted by Gasteiger charge is -2.20. The van der Waals surface area contributed by atoms with E-state index in [1.165, 1.54) is 33.4 Å². The highest BCUT2D eigenvalue weighted by Crippen LogP contribution is 2.30. The van der Waals surface area contributed by atoms with Gasteiger partial charge in [-0.3, -0.25) is 4.79 Å². The summed E-state index contributed by atoms with van der Waals surface area (Å²) in [5, 5.41) is 0. The van der Waals surface area contributed by atoms with Crippen LogP contribution >= 0.6 is 0 Å². The van der Waals surface area contributed by atoms with E-state index in [-0.39, 0.29) is 5.78 Å². The maximum atomic E-state index is 13.3. The van der Waals surface area contributed by atoms with Gasteiger partial charge >= 0.3 is 0 Å². The van der Waals surface area contributed by atoms with E-state index in [1.54, 1.807) is 0 Å². The van der Waals surface area contributed by atoms with Crippen molar-refractivity contribution in [2.75, 3.05) is 0 Å². The average molecular weight is 308 g/mol. The van der Waals surface area contributed by atoms with Crippen molar-refractivity contribution in [3.05, 3.63) is 67.3 Å². The molecule has 0 atom stereocenters. The summed E-state index contributed by atoms with van der Waals surface area (Å²) < 4.78 is 0. The van der Waals surface area contributed by atoms with Crippen LogP contribution in [0.3, 0.4) is 0 Å². The van der Waals surface area contributed by atoms with Gasteiger partial charge in [0.15, 0.2) is 5.78 Å². The Morgan fingerprint density at radius 2 is 0.957 bits per heavy atom. The Bertz CT molecular complexity index is 794. The number of hydrogen-bond acceptors (Lipinski definition) is 1. The van der Waals surface area contributed by atoms with Gasteiger partial charge in [-0.25, -0.2) is 0 Å². The molecular weight excluding hydrogens is 280 g/mol. The summed E-state index contributed by atoms with van der Waals surface area (Å²) in [6.07, 6.45) is 0. The molecule has 0 saturated heterocycles. The summed E-state index contributed by atoms with van der Waals surface area (Å²) in [4.78, 5) is 13.3. The van der Waals surface area contributed by atoms with Crippen molar-refractivity contribution in [3.8, 4) is 0 Å². The molecule has 0 aliphatic carbocycles. The van der Waals surface area contributed by atoms with Gasteiger partial charge in [0.25, 0.3) is 0 Å². The van der Waals surface area contributed by atoms with Crippen molar-refractivity contribution in [1.82, 2.24) is 0 Å². The number of ketones is 1. The summed E-state index contributed by atoms with van der Waals surface area (Å²) in [5.74, 6) is 0.162. The van der Waals surface area contributed by atoms with Crippen molar-refractivity contribution in [2.24, 2.45) is 0 Å². The highest BCUT2D eigenvalue weighted by Gasteiger charge is 2.22. The first-order chi connectivity index (χ1) is 10.6. The average Bonchev–Trinajstić information content (AvgIpc) is 2.52. The quantitative estimate of drug-likeness (QED) is 0.651. The largest absolute Gasteiger partial charge is 0.289 e. The Kier molecular flexibility index (Phi) is 4.52. The van der Waals surface area contributed by atoms with E-state index in [0.29, 0.717) is 0 Å². The molecule has 0 aliphatic heterocycles. The minimum absolute atomic E-state index is 0.162. The van der Waals surface area contributed by atoms with Crippen LogP contribution in [0.1, 0.15) is 66.0 Å². The second-order valence-electron chi connectivity index (χ2n) is 6.95. The second-order valence-corrected chi connectivity index (χ2v) is 6.95. The molecule has 0 aromatic heterocycles. The lowest BCUT2D eigenvalue weighted by atomic mass is 9.83. The Hall–Kier alpha value is -1.89. The Labute approximate surface area is 140 Å². The second kappa shape index (κ2) is 5.96. The topological polar surface area (TPSA) is 17.1 Å². The molecule has 1 nitrogen and oxygen atoms in total. The Morgan fingerprint density at radius 3 is 1.43 bits per heavy atom. The van der Waals surface area contributed by atoms with Gasteiger partial charge < -0.3 is 0 Å². The summed E-state index contributed by atoms with van der Waals surface area (Å²) >= 11 is 0. The summed E-state index contributed by atoms with van der Waals surface area (Å²) in [5.41, 5.74) is 12.5. The van der Waals surface area contributed by atoms with Gasteiger partial charge in [0.1, 0.15) is 0 Å². The molecule has 23 heavy (non-hydrogen) atoms. The monoisotopic (exact) mass is 308 g/mol. The minimum Gasteiger partial charge on any atom is -0.289 e. The van der Waals surface area contributed by atoms with Crippen molar-refractivity contribution in [3.63, 3.8) is 0 Å². The summed E-state index contributed by atoms with van der Waals surface area (Å²) in [6, 6.07) is 2.06. The first-order valence-corrected chi connectivity index (χ1v) is 8.28. The third kappa shape index (κ3) is 2.63. The molecule has 0 fully saturated rings. The van der Waals surface area contributed by atoms with E-state index >= 15 is 0 Å². The van der Waals surface area contributed by atoms with Crippen LogP contribution in [0.15, 0.2) is 6.07 Å². The van der Waals surface area contributed by atoms with Crippen LogP contribution in [0, 0.1) is 62.3 Å². The Morgan fingerprint density at radius 1 is 0.565 bits per heavy atom. The van der Waals surface area contributed by atoms with E-state index in [2.05, 4.69) is 68.4 Å². The maximum absolute atomic E-state index is 13.3. The van der Waals surface area contributed by atoms with Crippen LogP contribution in [0.5, 0.6) is 0 Å². The zero-order valence-electron chi connectivity index (χ0n) is 16.0. The van der Waals surface area contributed by atoms with Crippen molar-refractivity contribution in [2.45, 2.75) is 62.3 Å². The standard InChI is InChI=1S/C22H28O/c1-11-10-20(17(7)13(3)12(11)2)22(23)21-18(8)15(5)14(4)16(6)19(21)9/h10H,1-9H3. The molecule has 122 valence electrons. The number of carbonyl (C=O) groups excluding carboxylic acids is 1. The fourth-order valence-electron chi connectivity index (χ4n) is 3.42. The molecule has 1 heteroatoms. The van der Waals surface area contributed by atoms with Gasteiger partial charge in [-0.05, 0) is 118 Å². The molecule has 0 radical (unpaired) electrons. The molecular formula is C22H28O. The SMILES string of the molecule is Cc1cc(C(=O)c2c(C)c(C)c(C)c(C)c2C)c(C)c(C)c1C. The summed E-state index contributed by atoms with van der Waals surface area (Å²) in [6.45, 7) is 18.9. The van der Waals surface area contributed by atoms with Gasteiger partial charge in [-0.1, -0.05) is 0 Å². The zero-order chi connectivity index (χ0) is 17.6. The number of carbonyl (C=O) groups is 1. The lowest BCUT2D eigenvalue weighted by Crippen LogP contribution is -2.13. The fraction of sp³-hybridized carbons (Fsp3) is 0.409. The fourth-order valence-corrected chi connectivity index (χ4v) is 3.42. The molecule has 0 N–H and O–H groups in total. The smallest absolute Gasteiger partial charge is 0.193 e. The van der Waals surface area contributed by atoms with Crippen molar-refractivity contribution < 1.29 is 4.79 Å². The molecule has 0 aliphatic rings. The Balaban J connectivity index is 2.78. The molecule has 0 saturated carbocycles. The van der Waals surface area contributed by atoms with Gasteiger partial charge in [0.05, 0.1) is 0 Å². The first kappa shape index (κ1) is 17.5. The van der Waals surface area contributed by atoms with Crippen LogP contribution in [-0.4, -0.2) is 5.78 Å². The summed E-state index contributed by atoms with van der Waals surface area (Å²) in [7, 11) is 0. The molecule has 2 aromatic carbocycles. The number of hydrogen-bond donors (Lipinski definition) is 0. The van der Waals surface area contributed by atoms with Crippen LogP contribution in [0.25, 0.3) is 0 Å². The van der Waals surface area contributed by atoms with Crippen LogP contribution in [0.4, 0.5) is 0 Å². The third-order valence-corrected chi connectivity index (χ3v) is 5.95. The van der Waals surface area contributed by atoms with Crippen LogP contribution in [-0.2, 0) is 0 Å². The molecule has 0 bridgehead atoms. The maximum Gasteiger partial charge on any atom is 0.193 e. The zero-order valence-corrected chi connectivity index (χ0v) is 16.0. The first-order valence-electron chi connectivity index (χ1n) is 8.28. The van der Waals surface area contributed by atoms with E-state index in [4.69, 9.17) is 0 Å². The van der Waals surface area contributed by atoms with E-state index < -0.39 is 0 Å². The van der Waals surface area contributed by atoms with E-state index in [1.807, 2.05) is 0 Å². The molecule has 0 spiro atoms. The third-order valence-electron chi connectivity index (χ3n) is 5.95. The van der Waals surface area contributed by atoms with E-state index in [0.717, 1.165) is 27.8 Å². The lowest BCUT2D eigenvalue weighted by molar-refractivity contribution is 0.103. The van der Waals surface area contributed by atoms with Gasteiger partial charge in [-0.2, -0.15) is 0 Å². The van der Waals surface area contributed by atoms with Crippen molar-refractivity contribution >= 4 is 5.78 Å². The van der Waals surface area contributed by atoms with Gasteiger partial charge in [0, 0.05) is 11.1 Å². The van der Waals surface area contributed by atoms with E-state index in [9.17, 15) is 4.79 Å².